The van der Waals surface area contributed by atoms with Crippen LogP contribution in [0.5, 0.6) is 0 Å². The summed E-state index contributed by atoms with van der Waals surface area (Å²) >= 11 is 0. The molecule has 7 aromatic carbocycles. The Kier molecular flexibility index (Phi) is 31.4. The standard InChI is InChI=1S/C39H42N2O6.C27H27NO5.C12H15NO2.2V/c1-39(27-47-39)36(43)34(24-30-18-10-4-11-19-30)40-37(44)32(22-28-14-6-2-7-15-28)25-35(42)33(23-29-16-8-3-9-17-29)41-38(45)46-26-31-20-12-5-13-21-31;29-25(18-23(26(30)31)16-20-10-4-1-5-11-20)24(17-21-12-6-2-7-13-21)28-27(32)33-19-22-14-8-3-9-15-22;1-12(8-15-12)11(14)10(13)7-9-5-3-2-4-6-9;;/h2-16,18-21,29,32-34H,17,22-27H2,1H3,(H,40,44)(H,41,45);1-15,23-24H,16-19H2,(H,28,32)(H,30,31);2-6,10H,7-8,13H2,1H3;;/t29?,32-,33-,34+,39-;23-,24-;10?,12-;;/m111../s1. The van der Waals surface area contributed by atoms with Gasteiger partial charge in [0.15, 0.2) is 23.1 Å². The van der Waals surface area contributed by atoms with Crippen molar-refractivity contribution in [3.8, 4) is 0 Å². The van der Waals surface area contributed by atoms with Crippen LogP contribution in [0.4, 0.5) is 9.59 Å². The number of epoxide rings is 2. The maximum Gasteiger partial charge on any atom is 0.408 e. The van der Waals surface area contributed by atoms with Crippen LogP contribution in [0.2, 0.25) is 0 Å². The van der Waals surface area contributed by atoms with Crippen molar-refractivity contribution >= 4 is 47.2 Å². The van der Waals surface area contributed by atoms with Gasteiger partial charge in [0.1, 0.15) is 24.4 Å². The molecular formula is C78H84N4O13V2. The van der Waals surface area contributed by atoms with Crippen LogP contribution in [0.25, 0.3) is 0 Å². The second kappa shape index (κ2) is 39.4. The Labute approximate surface area is 591 Å². The van der Waals surface area contributed by atoms with E-state index in [4.69, 9.17) is 24.7 Å². The molecule has 9 atom stereocenters. The van der Waals surface area contributed by atoms with E-state index in [9.17, 15) is 43.5 Å². The first-order valence-electron chi connectivity index (χ1n) is 32.1. The average Bonchev–Trinajstić information content (AvgIpc) is 1.65. The fourth-order valence-electron chi connectivity index (χ4n) is 10.9. The Morgan fingerprint density at radius 2 is 0.814 bits per heavy atom. The third kappa shape index (κ3) is 26.3. The zero-order valence-electron chi connectivity index (χ0n) is 54.6. The van der Waals surface area contributed by atoms with Crippen molar-refractivity contribution in [2.45, 2.75) is 120 Å². The zero-order valence-corrected chi connectivity index (χ0v) is 57.4. The smallest absolute Gasteiger partial charge is 0.408 e. The SMILES string of the molecule is C[C@]1(C(=O)C(N)Cc2ccccc2)CO1.C[C@]1(C(=O)[C@H](Cc2ccccc2)NC(=O)[C@@H](CC(=O)[C@@H](CC2C=CC=CC2)NC(=O)OCc2ccccc2)Cc2ccccc2)CO1.O=C(N[C@H](Cc1ccccc1)C(=O)C[C@@H](Cc1ccccc1)C(=O)O)OCc1ccccc1.[V].[V]. The normalized spacial score (nSPS) is 17.9. The minimum Gasteiger partial charge on any atom is -0.481 e. The van der Waals surface area contributed by atoms with Crippen molar-refractivity contribution < 1.29 is 99.5 Å². The van der Waals surface area contributed by atoms with Gasteiger partial charge >= 0.3 is 18.2 Å². The number of hydrogen-bond acceptors (Lipinski definition) is 13. The molecule has 2 aliphatic heterocycles. The molecule has 17 nitrogen and oxygen atoms in total. The fourth-order valence-corrected chi connectivity index (χ4v) is 10.9. The van der Waals surface area contributed by atoms with Gasteiger partial charge in [-0.3, -0.25) is 28.8 Å². The second-order valence-corrected chi connectivity index (χ2v) is 24.5. The number of benzene rings is 7. The number of alkyl carbamates (subject to hydrolysis) is 2. The van der Waals surface area contributed by atoms with E-state index in [-0.39, 0.29) is 111 Å². The van der Waals surface area contributed by atoms with Crippen LogP contribution in [0.3, 0.4) is 0 Å². The number of carbonyl (C=O) groups excluding carboxylic acids is 7. The Balaban J connectivity index is 0.000000257. The number of nitrogens with two attached hydrogens (primary N) is 1. The number of aliphatic carboxylic acids is 1. The van der Waals surface area contributed by atoms with Crippen LogP contribution in [-0.2, 0) is 130 Å². The van der Waals surface area contributed by atoms with Crippen LogP contribution in [0.1, 0.15) is 78.5 Å². The molecule has 3 aliphatic rings. The largest absolute Gasteiger partial charge is 0.481 e. The minimum atomic E-state index is -1.04. The summed E-state index contributed by atoms with van der Waals surface area (Å²) in [6.45, 7) is 4.47. The van der Waals surface area contributed by atoms with Crippen molar-refractivity contribution in [1.82, 2.24) is 16.0 Å². The summed E-state index contributed by atoms with van der Waals surface area (Å²) in [5.74, 6) is -3.89. The van der Waals surface area contributed by atoms with E-state index in [1.165, 1.54) is 0 Å². The molecule has 0 saturated carbocycles. The van der Waals surface area contributed by atoms with Crippen molar-refractivity contribution in [1.29, 1.82) is 0 Å². The van der Waals surface area contributed by atoms with E-state index < -0.39 is 71.3 Å². The van der Waals surface area contributed by atoms with Gasteiger partial charge in [-0.1, -0.05) is 237 Å². The molecule has 2 heterocycles. The van der Waals surface area contributed by atoms with E-state index in [2.05, 4.69) is 16.0 Å². The van der Waals surface area contributed by atoms with E-state index in [0.717, 1.165) is 45.4 Å². The van der Waals surface area contributed by atoms with Crippen LogP contribution in [0, 0.1) is 17.8 Å². The molecule has 0 bridgehead atoms. The van der Waals surface area contributed by atoms with Crippen LogP contribution < -0.4 is 21.7 Å². The monoisotopic (exact) mass is 1390 g/mol. The molecule has 19 heteroatoms. The minimum absolute atomic E-state index is 0. The molecule has 2 unspecified atom stereocenters. The molecule has 0 aromatic heterocycles. The number of nitrogens with one attached hydrogen (secondary N) is 3. The fraction of sp³-hybridized carbons (Fsp3) is 0.308. The van der Waals surface area contributed by atoms with Crippen molar-refractivity contribution in [3.63, 3.8) is 0 Å². The summed E-state index contributed by atoms with van der Waals surface area (Å²) < 4.78 is 21.3. The summed E-state index contributed by atoms with van der Waals surface area (Å²) in [4.78, 5) is 104. The second-order valence-electron chi connectivity index (χ2n) is 24.5. The van der Waals surface area contributed by atoms with Gasteiger partial charge < -0.3 is 45.7 Å². The summed E-state index contributed by atoms with van der Waals surface area (Å²) in [6.07, 6.45) is 8.95. The van der Waals surface area contributed by atoms with Crippen LogP contribution >= 0.6 is 0 Å². The Morgan fingerprint density at radius 1 is 0.464 bits per heavy atom. The van der Waals surface area contributed by atoms with Gasteiger partial charge in [-0.25, -0.2) is 9.59 Å². The van der Waals surface area contributed by atoms with Gasteiger partial charge in [-0.05, 0) is 104 Å². The first kappa shape index (κ1) is 77.2. The predicted octanol–water partition coefficient (Wildman–Crippen LogP) is 11.0. The molecule has 97 heavy (non-hydrogen) atoms. The third-order valence-electron chi connectivity index (χ3n) is 16.7. The average molecular weight is 1390 g/mol. The molecule has 7 aromatic rings. The van der Waals surface area contributed by atoms with Gasteiger partial charge in [0.25, 0.3) is 0 Å². The molecule has 2 saturated heterocycles. The maximum atomic E-state index is 14.0. The van der Waals surface area contributed by atoms with E-state index >= 15 is 0 Å². The van der Waals surface area contributed by atoms with Crippen LogP contribution in [-0.4, -0.2) is 101 Å². The van der Waals surface area contributed by atoms with E-state index in [1.54, 1.807) is 13.8 Å². The number of hydrogen-bond donors (Lipinski definition) is 5. The molecule has 0 spiro atoms. The number of ketones is 4. The maximum absolute atomic E-state index is 14.0. The van der Waals surface area contributed by atoms with Crippen LogP contribution in [0.15, 0.2) is 237 Å². The molecular weight excluding hydrogens is 1300 g/mol. The summed E-state index contributed by atoms with van der Waals surface area (Å²) in [5.41, 5.74) is 10.5. The Morgan fingerprint density at radius 3 is 1.22 bits per heavy atom. The zero-order chi connectivity index (χ0) is 67.4. The molecule has 2 radical (unpaired) electrons. The quantitative estimate of drug-likeness (QED) is 0.0253. The van der Waals surface area contributed by atoms with Gasteiger partial charge in [0.2, 0.25) is 5.91 Å². The Hall–Kier alpha value is -8.77. The molecule has 504 valence electrons. The van der Waals surface area contributed by atoms with Gasteiger partial charge in [0, 0.05) is 55.9 Å². The summed E-state index contributed by atoms with van der Waals surface area (Å²) in [5, 5.41) is 18.1. The molecule has 1 aliphatic carbocycles. The van der Waals surface area contributed by atoms with Crippen molar-refractivity contribution in [2.24, 2.45) is 23.5 Å². The number of carboxylic acids is 1. The number of carboxylic acid groups (broad SMARTS) is 1. The predicted molar refractivity (Wildman–Crippen MR) is 361 cm³/mol. The van der Waals surface area contributed by atoms with Gasteiger partial charge in [0.05, 0.1) is 43.3 Å². The Bertz CT molecular complexity index is 3680. The van der Waals surface area contributed by atoms with Gasteiger partial charge in [-0.15, -0.1) is 0 Å². The topological polar surface area (TPSA) is 262 Å². The first-order valence-corrected chi connectivity index (χ1v) is 32.1. The van der Waals surface area contributed by atoms with E-state index in [1.807, 2.05) is 237 Å². The van der Waals surface area contributed by atoms with Crippen molar-refractivity contribution in [3.05, 3.63) is 276 Å². The molecule has 3 amide bonds. The van der Waals surface area contributed by atoms with Gasteiger partial charge in [-0.2, -0.15) is 0 Å². The number of amides is 3. The van der Waals surface area contributed by atoms with E-state index in [0.29, 0.717) is 32.5 Å². The van der Waals surface area contributed by atoms with Crippen molar-refractivity contribution in [2.75, 3.05) is 13.2 Å². The molecule has 2 fully saturated rings. The number of carbonyl (C=O) groups is 8. The number of rotatable bonds is 31. The number of ether oxygens (including phenoxy) is 4. The summed E-state index contributed by atoms with van der Waals surface area (Å²) in [7, 11) is 0. The molecule has 10 rings (SSSR count). The number of Topliss-reactive ketones (excluding diaryl/α,β-unsaturated/α-hetero) is 4. The first-order chi connectivity index (χ1) is 45.9. The molecule has 6 N–H and O–H groups in total. The third-order valence-corrected chi connectivity index (χ3v) is 16.7. The summed E-state index contributed by atoms with van der Waals surface area (Å²) in [6, 6.07) is 62.7. The number of allylic oxidation sites excluding steroid dienone is 4.